The molecule has 0 saturated heterocycles. The van der Waals surface area contributed by atoms with Crippen LogP contribution in [0.4, 0.5) is 0 Å². The first-order valence-electron chi connectivity index (χ1n) is 5.86. The Morgan fingerprint density at radius 2 is 1.76 bits per heavy atom. The third-order valence-corrected chi connectivity index (χ3v) is 2.42. The van der Waals surface area contributed by atoms with Gasteiger partial charge in [0.2, 0.25) is 0 Å². The first-order valence-corrected chi connectivity index (χ1v) is 5.86. The van der Waals surface area contributed by atoms with Crippen molar-refractivity contribution in [3.05, 3.63) is 59.0 Å². The molecule has 0 aromatic carbocycles. The van der Waals surface area contributed by atoms with E-state index in [0.29, 0.717) is 0 Å². The molecule has 0 N–H and O–H groups in total. The van der Waals surface area contributed by atoms with Crippen molar-refractivity contribution < 1.29 is 0 Å². The summed E-state index contributed by atoms with van der Waals surface area (Å²) < 4.78 is 0. The van der Waals surface area contributed by atoms with E-state index in [-0.39, 0.29) is 0 Å². The Labute approximate surface area is 105 Å². The maximum absolute atomic E-state index is 4.55. The van der Waals surface area contributed by atoms with Crippen LogP contribution < -0.4 is 0 Å². The van der Waals surface area contributed by atoms with Crippen molar-refractivity contribution in [3.63, 3.8) is 0 Å². The lowest BCUT2D eigenvalue weighted by atomic mass is 10.1. The van der Waals surface area contributed by atoms with E-state index < -0.39 is 0 Å². The van der Waals surface area contributed by atoms with E-state index in [0.717, 1.165) is 17.0 Å². The van der Waals surface area contributed by atoms with E-state index in [1.54, 1.807) is 0 Å². The molecule has 1 aromatic heterocycles. The fourth-order valence-corrected chi connectivity index (χ4v) is 1.89. The molecule has 1 nitrogen and oxygen atoms in total. The van der Waals surface area contributed by atoms with Gasteiger partial charge in [0.1, 0.15) is 0 Å². The topological polar surface area (TPSA) is 12.9 Å². The first-order chi connectivity index (χ1) is 7.88. The van der Waals surface area contributed by atoms with Gasteiger partial charge >= 0.3 is 0 Å². The van der Waals surface area contributed by atoms with Gasteiger partial charge in [0.15, 0.2) is 0 Å². The molecule has 0 saturated carbocycles. The molecule has 0 aliphatic carbocycles. The van der Waals surface area contributed by atoms with Crippen LogP contribution in [-0.2, 0) is 0 Å². The lowest BCUT2D eigenvalue weighted by molar-refractivity contribution is 1.14. The number of hydrogen-bond acceptors (Lipinski definition) is 1. The summed E-state index contributed by atoms with van der Waals surface area (Å²) >= 11 is 0. The molecular formula is C16H21N. The third-order valence-electron chi connectivity index (χ3n) is 2.42. The Morgan fingerprint density at radius 3 is 2.29 bits per heavy atom. The van der Waals surface area contributed by atoms with Gasteiger partial charge in [-0.2, -0.15) is 0 Å². The standard InChI is InChI=1S/C16H21N/c1-11(2)7-12(3)8-14(5)16-10-13(4)9-15(6)17-16/h7-10H,1H2,2-6H3/b12-7-,14-8+. The number of allylic oxidation sites excluding steroid dienone is 5. The van der Waals surface area contributed by atoms with E-state index in [1.807, 2.05) is 13.8 Å². The highest BCUT2D eigenvalue weighted by atomic mass is 14.7. The lowest BCUT2D eigenvalue weighted by Gasteiger charge is -2.05. The number of aromatic nitrogens is 1. The number of pyridine rings is 1. The van der Waals surface area contributed by atoms with Crippen LogP contribution in [0.3, 0.4) is 0 Å². The number of hydrogen-bond donors (Lipinski definition) is 0. The van der Waals surface area contributed by atoms with Gasteiger partial charge in [0, 0.05) is 5.69 Å². The van der Waals surface area contributed by atoms with E-state index >= 15 is 0 Å². The summed E-state index contributed by atoms with van der Waals surface area (Å²) in [5, 5.41) is 0. The van der Waals surface area contributed by atoms with Crippen molar-refractivity contribution in [1.82, 2.24) is 4.98 Å². The number of nitrogens with zero attached hydrogens (tertiary/aromatic N) is 1. The molecular weight excluding hydrogens is 206 g/mol. The largest absolute Gasteiger partial charge is 0.253 e. The maximum Gasteiger partial charge on any atom is 0.0664 e. The van der Waals surface area contributed by atoms with Gasteiger partial charge in [0.25, 0.3) is 0 Å². The zero-order valence-electron chi connectivity index (χ0n) is 11.5. The van der Waals surface area contributed by atoms with Crippen molar-refractivity contribution in [2.24, 2.45) is 0 Å². The van der Waals surface area contributed by atoms with Crippen molar-refractivity contribution in [1.29, 1.82) is 0 Å². The SMILES string of the molecule is C=C(C)/C=C(C)\C=C(/C)c1cc(C)cc(C)n1. The normalized spacial score (nSPS) is 12.8. The summed E-state index contributed by atoms with van der Waals surface area (Å²) in [7, 11) is 0. The zero-order chi connectivity index (χ0) is 13.0. The predicted octanol–water partition coefficient (Wildman–Crippen LogP) is 4.62. The molecule has 17 heavy (non-hydrogen) atoms. The average molecular weight is 227 g/mol. The van der Waals surface area contributed by atoms with Crippen LogP contribution in [0, 0.1) is 13.8 Å². The fourth-order valence-electron chi connectivity index (χ4n) is 1.89. The van der Waals surface area contributed by atoms with Gasteiger partial charge in [-0.3, -0.25) is 4.98 Å². The minimum Gasteiger partial charge on any atom is -0.253 e. The molecule has 0 spiro atoms. The molecule has 0 radical (unpaired) electrons. The van der Waals surface area contributed by atoms with E-state index in [2.05, 4.69) is 56.6 Å². The smallest absolute Gasteiger partial charge is 0.0664 e. The number of rotatable bonds is 3. The Morgan fingerprint density at radius 1 is 1.12 bits per heavy atom. The van der Waals surface area contributed by atoms with Gasteiger partial charge < -0.3 is 0 Å². The van der Waals surface area contributed by atoms with Crippen molar-refractivity contribution >= 4 is 5.57 Å². The van der Waals surface area contributed by atoms with Crippen LogP contribution in [0.1, 0.15) is 37.7 Å². The Bertz CT molecular complexity index is 470. The second-order valence-corrected chi connectivity index (χ2v) is 4.73. The van der Waals surface area contributed by atoms with Crippen LogP contribution in [0.5, 0.6) is 0 Å². The molecule has 1 heterocycles. The summed E-state index contributed by atoms with van der Waals surface area (Å²) in [6.07, 6.45) is 4.22. The van der Waals surface area contributed by atoms with Crippen LogP contribution in [0.15, 0.2) is 42.0 Å². The molecule has 0 aliphatic rings. The first kappa shape index (κ1) is 13.4. The summed E-state index contributed by atoms with van der Waals surface area (Å²) in [4.78, 5) is 4.55. The Balaban J connectivity index is 3.07. The zero-order valence-corrected chi connectivity index (χ0v) is 11.5. The second kappa shape index (κ2) is 5.62. The fraction of sp³-hybridized carbons (Fsp3) is 0.312. The molecule has 90 valence electrons. The summed E-state index contributed by atoms with van der Waals surface area (Å²) in [6.45, 7) is 14.2. The minimum atomic E-state index is 1.05. The molecule has 0 atom stereocenters. The van der Waals surface area contributed by atoms with Crippen LogP contribution in [-0.4, -0.2) is 4.98 Å². The molecule has 0 amide bonds. The summed E-state index contributed by atoms with van der Waals surface area (Å²) in [5.74, 6) is 0. The van der Waals surface area contributed by atoms with Crippen LogP contribution >= 0.6 is 0 Å². The Kier molecular flexibility index (Phi) is 4.45. The monoisotopic (exact) mass is 227 g/mol. The van der Waals surface area contributed by atoms with Crippen LogP contribution in [0.25, 0.3) is 5.57 Å². The lowest BCUT2D eigenvalue weighted by Crippen LogP contribution is -1.91. The molecule has 1 aromatic rings. The molecule has 0 fully saturated rings. The summed E-state index contributed by atoms with van der Waals surface area (Å²) in [5.41, 5.74) is 6.83. The number of aryl methyl sites for hydroxylation is 2. The molecule has 0 aliphatic heterocycles. The molecule has 1 heteroatoms. The quantitative estimate of drug-likeness (QED) is 0.686. The second-order valence-electron chi connectivity index (χ2n) is 4.73. The van der Waals surface area contributed by atoms with Crippen molar-refractivity contribution in [2.75, 3.05) is 0 Å². The summed E-state index contributed by atoms with van der Waals surface area (Å²) in [6, 6.07) is 4.21. The molecule has 1 rings (SSSR count). The van der Waals surface area contributed by atoms with Gasteiger partial charge in [-0.05, 0) is 57.9 Å². The van der Waals surface area contributed by atoms with E-state index in [1.165, 1.54) is 16.7 Å². The van der Waals surface area contributed by atoms with Crippen molar-refractivity contribution in [2.45, 2.75) is 34.6 Å². The minimum absolute atomic E-state index is 1.05. The molecule has 0 unspecified atom stereocenters. The highest BCUT2D eigenvalue weighted by molar-refractivity contribution is 5.64. The van der Waals surface area contributed by atoms with Gasteiger partial charge in [0.05, 0.1) is 5.69 Å². The molecule has 0 bridgehead atoms. The average Bonchev–Trinajstić information content (AvgIpc) is 2.14. The van der Waals surface area contributed by atoms with Crippen LogP contribution in [0.2, 0.25) is 0 Å². The van der Waals surface area contributed by atoms with Crippen molar-refractivity contribution in [3.8, 4) is 0 Å². The third kappa shape index (κ3) is 4.39. The Hall–Kier alpha value is -1.63. The maximum atomic E-state index is 4.55. The van der Waals surface area contributed by atoms with E-state index in [4.69, 9.17) is 0 Å². The van der Waals surface area contributed by atoms with E-state index in [9.17, 15) is 0 Å². The van der Waals surface area contributed by atoms with Gasteiger partial charge in [-0.25, -0.2) is 0 Å². The highest BCUT2D eigenvalue weighted by Crippen LogP contribution is 2.16. The van der Waals surface area contributed by atoms with Gasteiger partial charge in [-0.1, -0.05) is 29.9 Å². The highest BCUT2D eigenvalue weighted by Gasteiger charge is 2.00. The predicted molar refractivity (Wildman–Crippen MR) is 75.9 cm³/mol. The van der Waals surface area contributed by atoms with Gasteiger partial charge in [-0.15, -0.1) is 0 Å².